The van der Waals surface area contributed by atoms with Gasteiger partial charge in [-0.3, -0.25) is 0 Å². The first-order valence-corrected chi connectivity index (χ1v) is 5.16. The molecule has 0 heterocycles. The van der Waals surface area contributed by atoms with E-state index in [1.165, 1.54) is 24.8 Å². The topological polar surface area (TPSA) is 12.0 Å². The van der Waals surface area contributed by atoms with Crippen molar-refractivity contribution in [1.82, 2.24) is 0 Å². The highest BCUT2D eigenvalue weighted by Gasteiger charge is 2.17. The summed E-state index contributed by atoms with van der Waals surface area (Å²) in [5.74, 6) is 0. The third kappa shape index (κ3) is 1.97. The number of anilines is 1. The molecule has 0 atom stereocenters. The van der Waals surface area contributed by atoms with Crippen LogP contribution in [0.15, 0.2) is 18.2 Å². The molecular weight excluding hydrogens is 182 g/mol. The van der Waals surface area contributed by atoms with Crippen LogP contribution in [0.2, 0.25) is 5.02 Å². The highest BCUT2D eigenvalue weighted by atomic mass is 35.5. The molecule has 0 aromatic heterocycles. The zero-order valence-corrected chi connectivity index (χ0v) is 8.56. The highest BCUT2D eigenvalue weighted by molar-refractivity contribution is 6.33. The fourth-order valence-corrected chi connectivity index (χ4v) is 1.80. The van der Waals surface area contributed by atoms with Gasteiger partial charge in [0, 0.05) is 6.04 Å². The van der Waals surface area contributed by atoms with E-state index in [4.69, 9.17) is 11.6 Å². The molecule has 1 aliphatic carbocycles. The zero-order chi connectivity index (χ0) is 9.26. The summed E-state index contributed by atoms with van der Waals surface area (Å²) in [4.78, 5) is 0. The van der Waals surface area contributed by atoms with Crippen LogP contribution in [-0.4, -0.2) is 6.04 Å². The average Bonchev–Trinajstić information content (AvgIpc) is 1.99. The molecule has 1 N–H and O–H groups in total. The first-order valence-electron chi connectivity index (χ1n) is 4.78. The zero-order valence-electron chi connectivity index (χ0n) is 7.81. The maximum atomic E-state index is 6.09. The minimum absolute atomic E-state index is 0.653. The van der Waals surface area contributed by atoms with Gasteiger partial charge in [-0.25, -0.2) is 0 Å². The minimum Gasteiger partial charge on any atom is -0.381 e. The molecule has 0 bridgehead atoms. The second kappa shape index (κ2) is 3.59. The number of halogens is 1. The van der Waals surface area contributed by atoms with E-state index in [1.807, 2.05) is 6.07 Å². The molecule has 2 rings (SSSR count). The Balaban J connectivity index is 2.10. The summed E-state index contributed by atoms with van der Waals surface area (Å²) < 4.78 is 0. The molecule has 0 unspecified atom stereocenters. The lowest BCUT2D eigenvalue weighted by Crippen LogP contribution is -2.27. The van der Waals surface area contributed by atoms with Crippen LogP contribution >= 0.6 is 11.6 Å². The van der Waals surface area contributed by atoms with Gasteiger partial charge in [0.15, 0.2) is 0 Å². The van der Waals surface area contributed by atoms with Crippen LogP contribution in [0.1, 0.15) is 24.8 Å². The molecule has 1 aromatic carbocycles. The van der Waals surface area contributed by atoms with Crippen LogP contribution in [0, 0.1) is 6.92 Å². The predicted octanol–water partition coefficient (Wildman–Crippen LogP) is 3.61. The second-order valence-electron chi connectivity index (χ2n) is 3.76. The van der Waals surface area contributed by atoms with Crippen LogP contribution in [-0.2, 0) is 0 Å². The summed E-state index contributed by atoms with van der Waals surface area (Å²) in [6.07, 6.45) is 3.91. The summed E-state index contributed by atoms with van der Waals surface area (Å²) in [6, 6.07) is 6.81. The molecule has 13 heavy (non-hydrogen) atoms. The van der Waals surface area contributed by atoms with Crippen LogP contribution in [0.3, 0.4) is 0 Å². The van der Waals surface area contributed by atoms with Crippen molar-refractivity contribution < 1.29 is 0 Å². The Kier molecular flexibility index (Phi) is 2.45. The van der Waals surface area contributed by atoms with Gasteiger partial charge in [-0.1, -0.05) is 17.7 Å². The third-order valence-electron chi connectivity index (χ3n) is 2.59. The van der Waals surface area contributed by atoms with Crippen molar-refractivity contribution in [1.29, 1.82) is 0 Å². The summed E-state index contributed by atoms with van der Waals surface area (Å²) >= 11 is 6.09. The molecule has 1 nitrogen and oxygen atoms in total. The summed E-state index contributed by atoms with van der Waals surface area (Å²) in [6.45, 7) is 2.05. The number of nitrogens with one attached hydrogen (secondary N) is 1. The van der Waals surface area contributed by atoms with E-state index in [9.17, 15) is 0 Å². The fraction of sp³-hybridized carbons (Fsp3) is 0.455. The van der Waals surface area contributed by atoms with Crippen LogP contribution in [0.25, 0.3) is 0 Å². The molecular formula is C11H14ClN. The Hall–Kier alpha value is -0.690. The van der Waals surface area contributed by atoms with E-state index in [2.05, 4.69) is 24.4 Å². The Labute approximate surface area is 84.1 Å². The third-order valence-corrected chi connectivity index (χ3v) is 2.90. The molecule has 1 aromatic rings. The molecule has 0 aliphatic heterocycles. The van der Waals surface area contributed by atoms with Gasteiger partial charge in [0.1, 0.15) is 0 Å². The number of hydrogen-bond acceptors (Lipinski definition) is 1. The van der Waals surface area contributed by atoms with Crippen LogP contribution in [0.4, 0.5) is 5.69 Å². The molecule has 70 valence electrons. The SMILES string of the molecule is Cc1ccc(NC2CCC2)c(Cl)c1. The van der Waals surface area contributed by atoms with E-state index >= 15 is 0 Å². The van der Waals surface area contributed by atoms with Gasteiger partial charge in [-0.15, -0.1) is 0 Å². The quantitative estimate of drug-likeness (QED) is 0.760. The van der Waals surface area contributed by atoms with Gasteiger partial charge in [-0.05, 0) is 43.9 Å². The monoisotopic (exact) mass is 195 g/mol. The molecule has 1 saturated carbocycles. The van der Waals surface area contributed by atoms with Gasteiger partial charge in [0.25, 0.3) is 0 Å². The van der Waals surface area contributed by atoms with E-state index in [0.29, 0.717) is 6.04 Å². The van der Waals surface area contributed by atoms with Gasteiger partial charge in [0.2, 0.25) is 0 Å². The molecule has 0 amide bonds. The van der Waals surface area contributed by atoms with Gasteiger partial charge >= 0.3 is 0 Å². The fourth-order valence-electron chi connectivity index (χ4n) is 1.51. The first-order chi connectivity index (χ1) is 6.25. The first kappa shape index (κ1) is 8.89. The van der Waals surface area contributed by atoms with Crippen molar-refractivity contribution in [2.75, 3.05) is 5.32 Å². The van der Waals surface area contributed by atoms with Crippen molar-refractivity contribution in [2.24, 2.45) is 0 Å². The van der Waals surface area contributed by atoms with E-state index in [1.54, 1.807) is 0 Å². The van der Waals surface area contributed by atoms with Crippen LogP contribution in [0.5, 0.6) is 0 Å². The number of aryl methyl sites for hydroxylation is 1. The van der Waals surface area contributed by atoms with Gasteiger partial charge < -0.3 is 5.32 Å². The highest BCUT2D eigenvalue weighted by Crippen LogP contribution is 2.28. The van der Waals surface area contributed by atoms with E-state index in [0.717, 1.165) is 10.7 Å². The average molecular weight is 196 g/mol. The standard InChI is InChI=1S/C11H14ClN/c1-8-5-6-11(10(12)7-8)13-9-3-2-4-9/h5-7,9,13H,2-4H2,1H3. The molecule has 0 radical (unpaired) electrons. The van der Waals surface area contributed by atoms with E-state index < -0.39 is 0 Å². The molecule has 1 aliphatic rings. The Morgan fingerprint density at radius 3 is 2.69 bits per heavy atom. The van der Waals surface area contributed by atoms with Crippen molar-refractivity contribution in [2.45, 2.75) is 32.2 Å². The van der Waals surface area contributed by atoms with Gasteiger partial charge in [-0.2, -0.15) is 0 Å². The normalized spacial score (nSPS) is 16.8. The smallest absolute Gasteiger partial charge is 0.0640 e. The van der Waals surface area contributed by atoms with Crippen molar-refractivity contribution in [3.8, 4) is 0 Å². The molecule has 0 saturated heterocycles. The predicted molar refractivity (Wildman–Crippen MR) is 57.5 cm³/mol. The number of benzene rings is 1. The molecule has 2 heteroatoms. The van der Waals surface area contributed by atoms with Crippen LogP contribution < -0.4 is 5.32 Å². The maximum Gasteiger partial charge on any atom is 0.0640 e. The van der Waals surface area contributed by atoms with Crippen molar-refractivity contribution in [3.05, 3.63) is 28.8 Å². The summed E-state index contributed by atoms with van der Waals surface area (Å²) in [5.41, 5.74) is 2.29. The molecule has 0 spiro atoms. The Morgan fingerprint density at radius 1 is 1.38 bits per heavy atom. The molecule has 1 fully saturated rings. The largest absolute Gasteiger partial charge is 0.381 e. The van der Waals surface area contributed by atoms with Crippen molar-refractivity contribution in [3.63, 3.8) is 0 Å². The lowest BCUT2D eigenvalue weighted by molar-refractivity contribution is 0.445. The Morgan fingerprint density at radius 2 is 2.15 bits per heavy atom. The summed E-state index contributed by atoms with van der Waals surface area (Å²) in [5, 5.41) is 4.28. The Bertz CT molecular complexity index is 305. The minimum atomic E-state index is 0.653. The van der Waals surface area contributed by atoms with Crippen molar-refractivity contribution >= 4 is 17.3 Å². The lowest BCUT2D eigenvalue weighted by atomic mass is 9.93. The van der Waals surface area contributed by atoms with Gasteiger partial charge in [0.05, 0.1) is 10.7 Å². The number of hydrogen-bond donors (Lipinski definition) is 1. The maximum absolute atomic E-state index is 6.09. The van der Waals surface area contributed by atoms with E-state index in [-0.39, 0.29) is 0 Å². The summed E-state index contributed by atoms with van der Waals surface area (Å²) in [7, 11) is 0. The second-order valence-corrected chi connectivity index (χ2v) is 4.16. The number of rotatable bonds is 2. The lowest BCUT2D eigenvalue weighted by Gasteiger charge is -2.28.